The summed E-state index contributed by atoms with van der Waals surface area (Å²) in [6.45, 7) is 0. The lowest BCUT2D eigenvalue weighted by Crippen LogP contribution is -2.26. The van der Waals surface area contributed by atoms with E-state index >= 15 is 0 Å². The number of ether oxygens (including phenoxy) is 3. The molecule has 32 heavy (non-hydrogen) atoms. The normalized spacial score (nSPS) is 15.0. The minimum atomic E-state index is -1.16. The Bertz CT molecular complexity index is 1220. The maximum Gasteiger partial charge on any atom is 0.339 e. The Hall–Kier alpha value is -3.65. The molecular formula is C23H21ClN2O6. The Morgan fingerprint density at radius 1 is 1.09 bits per heavy atom. The lowest BCUT2D eigenvalue weighted by Gasteiger charge is -2.28. The molecule has 1 aliphatic heterocycles. The minimum Gasteiger partial charge on any atom is -0.496 e. The molecule has 9 heteroatoms. The fraction of sp³-hybridized carbons (Fsp3) is 0.217. The van der Waals surface area contributed by atoms with Gasteiger partial charge in [-0.3, -0.25) is 4.79 Å². The number of methoxy groups -OCH3 is 3. The topological polar surface area (TPSA) is 99.0 Å². The first kappa shape index (κ1) is 21.6. The molecule has 3 aromatic rings. The number of hydrogen-bond donors (Lipinski definition) is 2. The second-order valence-electron chi connectivity index (χ2n) is 7.18. The SMILES string of the molecule is COc1cc(OC)c(C2CC(=O)Nc3c(C(=O)O)cn(-c4ccccc4Cl)c32)cc1OC. The van der Waals surface area contributed by atoms with Crippen molar-refractivity contribution in [2.75, 3.05) is 26.6 Å². The van der Waals surface area contributed by atoms with Crippen LogP contribution in [0.25, 0.3) is 5.69 Å². The van der Waals surface area contributed by atoms with E-state index in [9.17, 15) is 14.7 Å². The van der Waals surface area contributed by atoms with Gasteiger partial charge in [-0.15, -0.1) is 0 Å². The molecule has 2 heterocycles. The molecule has 1 amide bonds. The molecule has 4 rings (SSSR count). The van der Waals surface area contributed by atoms with Gasteiger partial charge in [-0.1, -0.05) is 23.7 Å². The maximum atomic E-state index is 12.6. The summed E-state index contributed by atoms with van der Waals surface area (Å²) in [5.41, 5.74) is 2.04. The van der Waals surface area contributed by atoms with E-state index in [1.807, 2.05) is 0 Å². The van der Waals surface area contributed by atoms with E-state index in [1.165, 1.54) is 27.5 Å². The summed E-state index contributed by atoms with van der Waals surface area (Å²) in [6.07, 6.45) is 1.55. The van der Waals surface area contributed by atoms with Crippen LogP contribution in [-0.2, 0) is 4.79 Å². The summed E-state index contributed by atoms with van der Waals surface area (Å²) in [5.74, 6) is -0.576. The highest BCUT2D eigenvalue weighted by molar-refractivity contribution is 6.32. The molecule has 0 aliphatic carbocycles. The molecule has 1 atom stereocenters. The van der Waals surface area contributed by atoms with Crippen LogP contribution in [0.1, 0.15) is 34.0 Å². The summed E-state index contributed by atoms with van der Waals surface area (Å²) in [7, 11) is 4.55. The monoisotopic (exact) mass is 456 g/mol. The second kappa shape index (κ2) is 8.47. The number of rotatable bonds is 6. The first-order chi connectivity index (χ1) is 15.4. The summed E-state index contributed by atoms with van der Waals surface area (Å²) in [6, 6.07) is 10.5. The molecule has 8 nitrogen and oxygen atoms in total. The summed E-state index contributed by atoms with van der Waals surface area (Å²) in [5, 5.41) is 13.0. The van der Waals surface area contributed by atoms with Crippen molar-refractivity contribution in [3.05, 3.63) is 64.4 Å². The van der Waals surface area contributed by atoms with Gasteiger partial charge in [-0.2, -0.15) is 0 Å². The lowest BCUT2D eigenvalue weighted by atomic mass is 9.87. The van der Waals surface area contributed by atoms with E-state index in [1.54, 1.807) is 41.0 Å². The number of amides is 1. The van der Waals surface area contributed by atoms with Gasteiger partial charge in [0, 0.05) is 30.2 Å². The molecule has 0 spiro atoms. The average Bonchev–Trinajstić information content (AvgIpc) is 3.17. The van der Waals surface area contributed by atoms with Gasteiger partial charge >= 0.3 is 5.97 Å². The smallest absolute Gasteiger partial charge is 0.339 e. The fourth-order valence-corrected chi connectivity index (χ4v) is 4.29. The van der Waals surface area contributed by atoms with Gasteiger partial charge in [0.2, 0.25) is 5.91 Å². The summed E-state index contributed by atoms with van der Waals surface area (Å²) < 4.78 is 18.1. The molecular weight excluding hydrogens is 436 g/mol. The molecule has 0 radical (unpaired) electrons. The summed E-state index contributed by atoms with van der Waals surface area (Å²) in [4.78, 5) is 24.6. The number of fused-ring (bicyclic) bond motifs is 1. The zero-order valence-corrected chi connectivity index (χ0v) is 18.4. The van der Waals surface area contributed by atoms with Gasteiger partial charge < -0.3 is 29.2 Å². The van der Waals surface area contributed by atoms with Crippen molar-refractivity contribution >= 4 is 29.2 Å². The van der Waals surface area contributed by atoms with Crippen LogP contribution in [0, 0.1) is 0 Å². The minimum absolute atomic E-state index is 0.0302. The van der Waals surface area contributed by atoms with Gasteiger partial charge in [0.1, 0.15) is 11.3 Å². The van der Waals surface area contributed by atoms with Gasteiger partial charge in [-0.05, 0) is 18.2 Å². The average molecular weight is 457 g/mol. The van der Waals surface area contributed by atoms with Crippen LogP contribution >= 0.6 is 11.6 Å². The Labute approximate surface area is 189 Å². The molecule has 1 unspecified atom stereocenters. The Morgan fingerprint density at radius 2 is 1.75 bits per heavy atom. The number of anilines is 1. The molecule has 1 aliphatic rings. The number of halogens is 1. The number of nitrogens with one attached hydrogen (secondary N) is 1. The number of aromatic nitrogens is 1. The summed E-state index contributed by atoms with van der Waals surface area (Å²) >= 11 is 6.44. The third kappa shape index (κ3) is 3.52. The maximum absolute atomic E-state index is 12.6. The van der Waals surface area contributed by atoms with Crippen LogP contribution in [0.4, 0.5) is 5.69 Å². The predicted molar refractivity (Wildman–Crippen MR) is 119 cm³/mol. The standard InChI is InChI=1S/C23H21ClN2O6/c1-30-17-10-19(32-3)18(31-2)8-12(17)13-9-20(27)25-21-14(23(28)29)11-26(22(13)21)16-7-5-4-6-15(16)24/h4-8,10-11,13H,9H2,1-3H3,(H,25,27)(H,28,29). The van der Waals surface area contributed by atoms with Crippen molar-refractivity contribution in [2.45, 2.75) is 12.3 Å². The Kier molecular flexibility index (Phi) is 5.71. The van der Waals surface area contributed by atoms with Gasteiger partial charge in [0.25, 0.3) is 0 Å². The highest BCUT2D eigenvalue weighted by Gasteiger charge is 2.36. The van der Waals surface area contributed by atoms with E-state index in [-0.39, 0.29) is 23.6 Å². The molecule has 0 bridgehead atoms. The van der Waals surface area contributed by atoms with Crippen molar-refractivity contribution in [3.8, 4) is 22.9 Å². The van der Waals surface area contributed by atoms with Crippen molar-refractivity contribution in [2.24, 2.45) is 0 Å². The molecule has 2 aromatic carbocycles. The number of aromatic carboxylic acids is 1. The van der Waals surface area contributed by atoms with E-state index < -0.39 is 11.9 Å². The number of carboxylic acid groups (broad SMARTS) is 1. The molecule has 166 valence electrons. The predicted octanol–water partition coefficient (Wildman–Crippen LogP) is 4.33. The van der Waals surface area contributed by atoms with Gasteiger partial charge in [0.05, 0.1) is 43.4 Å². The number of carbonyl (C=O) groups is 2. The lowest BCUT2D eigenvalue weighted by molar-refractivity contribution is -0.116. The van der Waals surface area contributed by atoms with Crippen molar-refractivity contribution in [1.29, 1.82) is 0 Å². The highest BCUT2D eigenvalue weighted by atomic mass is 35.5. The van der Waals surface area contributed by atoms with Crippen LogP contribution in [0.15, 0.2) is 42.6 Å². The second-order valence-corrected chi connectivity index (χ2v) is 7.59. The molecule has 0 saturated carbocycles. The zero-order valence-electron chi connectivity index (χ0n) is 17.6. The number of benzene rings is 2. The molecule has 0 saturated heterocycles. The fourth-order valence-electron chi connectivity index (χ4n) is 4.06. The van der Waals surface area contributed by atoms with E-state index in [0.29, 0.717) is 39.2 Å². The molecule has 0 fully saturated rings. The van der Waals surface area contributed by atoms with Gasteiger partial charge in [-0.25, -0.2) is 4.79 Å². The third-order valence-electron chi connectivity index (χ3n) is 5.48. The highest BCUT2D eigenvalue weighted by Crippen LogP contribution is 2.47. The number of carbonyl (C=O) groups excluding carboxylic acids is 1. The third-order valence-corrected chi connectivity index (χ3v) is 5.80. The van der Waals surface area contributed by atoms with Gasteiger partial charge in [0.15, 0.2) is 11.5 Å². The van der Waals surface area contributed by atoms with Crippen molar-refractivity contribution in [1.82, 2.24) is 4.57 Å². The van der Waals surface area contributed by atoms with Crippen LogP contribution < -0.4 is 19.5 Å². The number of para-hydroxylation sites is 1. The molecule has 1 aromatic heterocycles. The van der Waals surface area contributed by atoms with Crippen LogP contribution in [0.2, 0.25) is 5.02 Å². The largest absolute Gasteiger partial charge is 0.496 e. The number of hydrogen-bond acceptors (Lipinski definition) is 5. The first-order valence-corrected chi connectivity index (χ1v) is 10.1. The molecule has 2 N–H and O–H groups in total. The quantitative estimate of drug-likeness (QED) is 0.572. The Morgan fingerprint density at radius 3 is 2.38 bits per heavy atom. The van der Waals surface area contributed by atoms with Crippen molar-refractivity contribution in [3.63, 3.8) is 0 Å². The zero-order chi connectivity index (χ0) is 23.0. The van der Waals surface area contributed by atoms with Crippen LogP contribution in [-0.4, -0.2) is 42.9 Å². The van der Waals surface area contributed by atoms with Crippen LogP contribution in [0.3, 0.4) is 0 Å². The van der Waals surface area contributed by atoms with E-state index in [4.69, 9.17) is 25.8 Å². The first-order valence-electron chi connectivity index (χ1n) is 9.72. The number of nitrogens with zero attached hydrogens (tertiary/aromatic N) is 1. The van der Waals surface area contributed by atoms with Crippen LogP contribution in [0.5, 0.6) is 17.2 Å². The van der Waals surface area contributed by atoms with E-state index in [2.05, 4.69) is 5.32 Å². The Balaban J connectivity index is 2.02. The van der Waals surface area contributed by atoms with Crippen molar-refractivity contribution < 1.29 is 28.9 Å². The van der Waals surface area contributed by atoms with E-state index in [0.717, 1.165) is 0 Å². The number of carboxylic acids is 1.